The van der Waals surface area contributed by atoms with Crippen molar-refractivity contribution in [3.8, 4) is 11.3 Å². The molecule has 4 rings (SSSR count). The molecule has 160 valence electrons. The van der Waals surface area contributed by atoms with Crippen molar-refractivity contribution in [3.63, 3.8) is 0 Å². The number of carbonyl (C=O) groups excluding carboxylic acids is 2. The summed E-state index contributed by atoms with van der Waals surface area (Å²) < 4.78 is 0. The smallest absolute Gasteiger partial charge is 0.231 e. The lowest BCUT2D eigenvalue weighted by Crippen LogP contribution is -2.28. The van der Waals surface area contributed by atoms with Gasteiger partial charge in [0.05, 0.1) is 23.9 Å². The molecule has 0 radical (unpaired) electrons. The summed E-state index contributed by atoms with van der Waals surface area (Å²) in [6.07, 6.45) is 1.92. The minimum Gasteiger partial charge on any atom is -0.336 e. The van der Waals surface area contributed by atoms with Crippen molar-refractivity contribution < 1.29 is 9.59 Å². The first-order valence-electron chi connectivity index (χ1n) is 10.3. The maximum Gasteiger partial charge on any atom is 0.231 e. The van der Waals surface area contributed by atoms with Gasteiger partial charge in [0.2, 0.25) is 11.8 Å². The molecular weight excluding hydrogens is 408 g/mol. The minimum absolute atomic E-state index is 0.0235. The summed E-state index contributed by atoms with van der Waals surface area (Å²) in [7, 11) is 0. The largest absolute Gasteiger partial charge is 0.336 e. The molecule has 3 heterocycles. The first-order chi connectivity index (χ1) is 14.8. The van der Waals surface area contributed by atoms with E-state index in [1.807, 2.05) is 23.6 Å². The molecule has 6 nitrogen and oxygen atoms in total. The third kappa shape index (κ3) is 4.99. The van der Waals surface area contributed by atoms with Gasteiger partial charge >= 0.3 is 0 Å². The van der Waals surface area contributed by atoms with Gasteiger partial charge in [-0.2, -0.15) is 0 Å². The lowest BCUT2D eigenvalue weighted by Gasteiger charge is -2.18. The second kappa shape index (κ2) is 8.59. The monoisotopic (exact) mass is 434 g/mol. The van der Waals surface area contributed by atoms with Crippen LogP contribution >= 0.6 is 11.3 Å². The van der Waals surface area contributed by atoms with Crippen LogP contribution < -0.4 is 5.32 Å². The Morgan fingerprint density at radius 2 is 1.97 bits per heavy atom. The van der Waals surface area contributed by atoms with Crippen LogP contribution in [0.25, 0.3) is 11.3 Å². The molecule has 0 aliphatic carbocycles. The van der Waals surface area contributed by atoms with E-state index in [-0.39, 0.29) is 29.6 Å². The highest BCUT2D eigenvalue weighted by atomic mass is 32.1. The number of hydrogen-bond acceptors (Lipinski definition) is 5. The zero-order chi connectivity index (χ0) is 22.0. The molecule has 1 aromatic carbocycles. The van der Waals surface area contributed by atoms with Gasteiger partial charge in [0.1, 0.15) is 0 Å². The van der Waals surface area contributed by atoms with Crippen molar-refractivity contribution in [3.05, 3.63) is 65.3 Å². The number of nitrogens with zero attached hydrogens (tertiary/aromatic N) is 3. The molecule has 0 spiro atoms. The number of amides is 2. The van der Waals surface area contributed by atoms with Crippen LogP contribution in [-0.4, -0.2) is 33.2 Å². The van der Waals surface area contributed by atoms with E-state index in [4.69, 9.17) is 0 Å². The van der Waals surface area contributed by atoms with E-state index < -0.39 is 0 Å². The average molecular weight is 435 g/mol. The van der Waals surface area contributed by atoms with Gasteiger partial charge in [-0.15, -0.1) is 11.3 Å². The van der Waals surface area contributed by atoms with Crippen LogP contribution in [-0.2, 0) is 21.5 Å². The Morgan fingerprint density at radius 1 is 1.19 bits per heavy atom. The molecule has 0 bridgehead atoms. The number of benzene rings is 1. The summed E-state index contributed by atoms with van der Waals surface area (Å²) in [5.74, 6) is -0.569. The lowest BCUT2D eigenvalue weighted by atomic mass is 9.86. The van der Waals surface area contributed by atoms with Gasteiger partial charge < -0.3 is 10.2 Å². The normalized spacial score (nSPS) is 16.5. The van der Waals surface area contributed by atoms with Crippen molar-refractivity contribution in [1.82, 2.24) is 14.9 Å². The molecule has 1 fully saturated rings. The minimum atomic E-state index is -0.380. The lowest BCUT2D eigenvalue weighted by molar-refractivity contribution is -0.128. The third-order valence-electron chi connectivity index (χ3n) is 5.45. The highest BCUT2D eigenvalue weighted by molar-refractivity contribution is 7.14. The second-order valence-electron chi connectivity index (χ2n) is 8.85. The van der Waals surface area contributed by atoms with Gasteiger partial charge in [0.25, 0.3) is 0 Å². The van der Waals surface area contributed by atoms with Crippen molar-refractivity contribution in [2.75, 3.05) is 11.9 Å². The first-order valence-corrected chi connectivity index (χ1v) is 11.2. The van der Waals surface area contributed by atoms with E-state index in [0.29, 0.717) is 18.2 Å². The van der Waals surface area contributed by atoms with Crippen LogP contribution in [0.1, 0.15) is 38.4 Å². The number of pyridine rings is 1. The van der Waals surface area contributed by atoms with Gasteiger partial charge in [0.15, 0.2) is 5.13 Å². The topological polar surface area (TPSA) is 75.2 Å². The quantitative estimate of drug-likeness (QED) is 0.642. The summed E-state index contributed by atoms with van der Waals surface area (Å²) in [6, 6.07) is 14.0. The summed E-state index contributed by atoms with van der Waals surface area (Å²) in [5, 5.41) is 5.38. The Balaban J connectivity index is 1.37. The summed E-state index contributed by atoms with van der Waals surface area (Å²) in [5.41, 5.74) is 4.03. The summed E-state index contributed by atoms with van der Waals surface area (Å²) in [6.45, 7) is 7.38. The van der Waals surface area contributed by atoms with Gasteiger partial charge in [0, 0.05) is 30.1 Å². The van der Waals surface area contributed by atoms with Crippen molar-refractivity contribution in [2.24, 2.45) is 5.92 Å². The first kappa shape index (κ1) is 21.2. The van der Waals surface area contributed by atoms with Crippen molar-refractivity contribution >= 4 is 28.3 Å². The van der Waals surface area contributed by atoms with E-state index in [9.17, 15) is 9.59 Å². The van der Waals surface area contributed by atoms with Crippen LogP contribution in [0.15, 0.2) is 54.0 Å². The molecule has 1 aliphatic rings. The van der Waals surface area contributed by atoms with E-state index in [1.165, 1.54) is 16.9 Å². The molecule has 2 aromatic heterocycles. The molecule has 3 aromatic rings. The number of anilines is 1. The Kier molecular flexibility index (Phi) is 5.87. The zero-order valence-corrected chi connectivity index (χ0v) is 18.8. The predicted molar refractivity (Wildman–Crippen MR) is 123 cm³/mol. The van der Waals surface area contributed by atoms with Gasteiger partial charge in [-0.05, 0) is 23.1 Å². The number of aromatic nitrogens is 2. The van der Waals surface area contributed by atoms with Crippen molar-refractivity contribution in [1.29, 1.82) is 0 Å². The zero-order valence-electron chi connectivity index (χ0n) is 18.0. The molecule has 1 unspecified atom stereocenters. The summed E-state index contributed by atoms with van der Waals surface area (Å²) >= 11 is 1.39. The SMILES string of the molecule is CC(C)(C)c1ccc(-c2csc(NC(=O)C3CC(=O)N(Cc4ccccn4)C3)n2)cc1. The fraction of sp³-hybridized carbons (Fsp3) is 0.333. The highest BCUT2D eigenvalue weighted by Gasteiger charge is 2.34. The van der Waals surface area contributed by atoms with Crippen LogP contribution in [0, 0.1) is 5.92 Å². The maximum atomic E-state index is 12.7. The molecule has 0 saturated carbocycles. The van der Waals surface area contributed by atoms with E-state index in [2.05, 4.69) is 60.3 Å². The van der Waals surface area contributed by atoms with E-state index in [1.54, 1.807) is 11.1 Å². The Hall–Kier alpha value is -3.06. The Morgan fingerprint density at radius 3 is 2.65 bits per heavy atom. The molecule has 31 heavy (non-hydrogen) atoms. The van der Waals surface area contributed by atoms with E-state index >= 15 is 0 Å². The summed E-state index contributed by atoms with van der Waals surface area (Å²) in [4.78, 5) is 35.6. The Labute approximate surface area is 186 Å². The molecule has 1 atom stereocenters. The third-order valence-corrected chi connectivity index (χ3v) is 6.20. The van der Waals surface area contributed by atoms with Crippen LogP contribution in [0.2, 0.25) is 0 Å². The molecule has 7 heteroatoms. The standard InChI is InChI=1S/C24H26N4O2S/c1-24(2,3)18-9-7-16(8-10-18)20-15-31-23(26-20)27-22(30)17-12-21(29)28(13-17)14-19-6-4-5-11-25-19/h4-11,15,17H,12-14H2,1-3H3,(H,26,27,30). The fourth-order valence-corrected chi connectivity index (χ4v) is 4.32. The number of thiazole rings is 1. The average Bonchev–Trinajstić information content (AvgIpc) is 3.35. The second-order valence-corrected chi connectivity index (χ2v) is 9.71. The maximum absolute atomic E-state index is 12.7. The van der Waals surface area contributed by atoms with Crippen LogP contribution in [0.5, 0.6) is 0 Å². The molecular formula is C24H26N4O2S. The molecule has 2 amide bonds. The van der Waals surface area contributed by atoms with Crippen LogP contribution in [0.4, 0.5) is 5.13 Å². The van der Waals surface area contributed by atoms with E-state index in [0.717, 1.165) is 17.0 Å². The number of likely N-dealkylation sites (tertiary alicyclic amines) is 1. The fourth-order valence-electron chi connectivity index (χ4n) is 3.60. The predicted octanol–water partition coefficient (Wildman–Crippen LogP) is 4.49. The highest BCUT2D eigenvalue weighted by Crippen LogP contribution is 2.29. The molecule has 1 N–H and O–H groups in total. The molecule has 1 aliphatic heterocycles. The van der Waals surface area contributed by atoms with Crippen LogP contribution in [0.3, 0.4) is 0 Å². The van der Waals surface area contributed by atoms with Crippen molar-refractivity contribution in [2.45, 2.75) is 39.2 Å². The van der Waals surface area contributed by atoms with Gasteiger partial charge in [-0.25, -0.2) is 4.98 Å². The molecule has 1 saturated heterocycles. The number of nitrogens with one attached hydrogen (secondary N) is 1. The number of carbonyl (C=O) groups is 2. The number of rotatable bonds is 5. The number of hydrogen-bond donors (Lipinski definition) is 1. The van der Waals surface area contributed by atoms with Gasteiger partial charge in [-0.3, -0.25) is 14.6 Å². The Bertz CT molecular complexity index is 1070. The van der Waals surface area contributed by atoms with Gasteiger partial charge in [-0.1, -0.05) is 51.1 Å².